The van der Waals surface area contributed by atoms with Crippen LogP contribution in [0.1, 0.15) is 35.4 Å². The van der Waals surface area contributed by atoms with Crippen molar-refractivity contribution in [1.29, 1.82) is 5.41 Å². The van der Waals surface area contributed by atoms with Crippen molar-refractivity contribution in [3.63, 3.8) is 0 Å². The molecule has 1 N–H and O–H groups in total. The fourth-order valence-electron chi connectivity index (χ4n) is 4.27. The highest BCUT2D eigenvalue weighted by atomic mass is 32.2. The van der Waals surface area contributed by atoms with Crippen LogP contribution in [0, 0.1) is 26.2 Å². The lowest BCUT2D eigenvalue weighted by Crippen LogP contribution is -2.35. The van der Waals surface area contributed by atoms with Crippen LogP contribution in [0.3, 0.4) is 0 Å². The molecule has 0 unspecified atom stereocenters. The van der Waals surface area contributed by atoms with E-state index in [4.69, 9.17) is 5.41 Å². The number of carbonyl (C=O) groups excluding carboxylic acids is 1. The third-order valence-electron chi connectivity index (χ3n) is 5.85. The maximum Gasteiger partial charge on any atom is 0.283 e. The second kappa shape index (κ2) is 7.53. The van der Waals surface area contributed by atoms with Gasteiger partial charge in [0.25, 0.3) is 5.91 Å². The molecular formula is C23H24N6OS. The Morgan fingerprint density at radius 1 is 1.10 bits per heavy atom. The van der Waals surface area contributed by atoms with Crippen LogP contribution in [0.25, 0.3) is 11.8 Å². The van der Waals surface area contributed by atoms with Crippen LogP contribution < -0.4 is 0 Å². The number of aliphatic imine (C=N–C) groups is 1. The summed E-state index contributed by atoms with van der Waals surface area (Å²) in [7, 11) is 0. The zero-order valence-corrected chi connectivity index (χ0v) is 18.7. The van der Waals surface area contributed by atoms with Gasteiger partial charge in [0.15, 0.2) is 11.0 Å². The van der Waals surface area contributed by atoms with E-state index in [1.165, 1.54) is 22.3 Å². The number of hydrazone groups is 1. The number of amidine groups is 3. The predicted octanol–water partition coefficient (Wildman–Crippen LogP) is 4.08. The number of likely N-dealkylation sites (tertiary alicyclic amines) is 1. The molecule has 0 radical (unpaired) electrons. The van der Waals surface area contributed by atoms with Gasteiger partial charge in [0, 0.05) is 30.2 Å². The fraction of sp³-hybridized carbons (Fsp3) is 0.304. The van der Waals surface area contributed by atoms with Gasteiger partial charge in [-0.1, -0.05) is 12.1 Å². The van der Waals surface area contributed by atoms with Gasteiger partial charge >= 0.3 is 0 Å². The minimum absolute atomic E-state index is 0.0806. The van der Waals surface area contributed by atoms with Gasteiger partial charge in [-0.15, -0.1) is 5.10 Å². The quantitative estimate of drug-likeness (QED) is 0.726. The molecule has 1 aromatic carbocycles. The smallest absolute Gasteiger partial charge is 0.283 e. The largest absolute Gasteiger partial charge is 0.349 e. The average Bonchev–Trinajstić information content (AvgIpc) is 3.45. The molecule has 4 heterocycles. The Morgan fingerprint density at radius 3 is 2.61 bits per heavy atom. The van der Waals surface area contributed by atoms with Gasteiger partial charge in [-0.25, -0.2) is 0 Å². The molecule has 1 saturated heterocycles. The number of carbonyl (C=O) groups is 1. The Morgan fingerprint density at radius 2 is 1.87 bits per heavy atom. The maximum atomic E-state index is 12.8. The summed E-state index contributed by atoms with van der Waals surface area (Å²) in [5.41, 5.74) is 5.53. The number of rotatable bonds is 2. The van der Waals surface area contributed by atoms with E-state index in [2.05, 4.69) is 44.7 Å². The lowest BCUT2D eigenvalue weighted by molar-refractivity contribution is -0.114. The molecule has 3 aliphatic rings. The van der Waals surface area contributed by atoms with Crippen LogP contribution in [0.4, 0.5) is 0 Å². The number of benzene rings is 1. The van der Waals surface area contributed by atoms with Crippen LogP contribution in [0.5, 0.6) is 0 Å². The number of amides is 1. The fourth-order valence-corrected chi connectivity index (χ4v) is 5.22. The van der Waals surface area contributed by atoms with E-state index in [0.29, 0.717) is 5.17 Å². The molecule has 1 fully saturated rings. The van der Waals surface area contributed by atoms with E-state index in [-0.39, 0.29) is 17.3 Å². The van der Waals surface area contributed by atoms with E-state index >= 15 is 0 Å². The van der Waals surface area contributed by atoms with Crippen LogP contribution >= 0.6 is 11.8 Å². The minimum atomic E-state index is -0.387. The van der Waals surface area contributed by atoms with Gasteiger partial charge in [-0.3, -0.25) is 10.2 Å². The van der Waals surface area contributed by atoms with E-state index in [1.807, 2.05) is 26.0 Å². The normalized spacial score (nSPS) is 19.9. The third-order valence-corrected chi connectivity index (χ3v) is 6.82. The zero-order valence-electron chi connectivity index (χ0n) is 17.8. The molecule has 158 valence electrons. The van der Waals surface area contributed by atoms with Gasteiger partial charge in [-0.05, 0) is 80.8 Å². The summed E-state index contributed by atoms with van der Waals surface area (Å²) in [5.74, 6) is -0.306. The number of hydrogen-bond acceptors (Lipinski definition) is 5. The molecular weight excluding hydrogens is 408 g/mol. The Hall–Kier alpha value is -3.13. The van der Waals surface area contributed by atoms with Crippen LogP contribution in [0.15, 0.2) is 46.0 Å². The average molecular weight is 433 g/mol. The first-order valence-electron chi connectivity index (χ1n) is 10.4. The first-order valence-corrected chi connectivity index (χ1v) is 11.2. The van der Waals surface area contributed by atoms with Crippen LogP contribution in [0.2, 0.25) is 0 Å². The standard InChI is InChI=1S/C23H24N6OS/c1-14-7-6-8-18(11-14)28-15(2)12-17(16(28)3)13-19-20(24)29-22(25-21(19)30)31-23(26-29)27-9-4-5-10-27/h6-8,11-13,24H,4-5,9-10H2,1-3H3/b19-13+,24-20?. The summed E-state index contributed by atoms with van der Waals surface area (Å²) < 4.78 is 2.17. The summed E-state index contributed by atoms with van der Waals surface area (Å²) in [5, 5.41) is 16.0. The van der Waals surface area contributed by atoms with Gasteiger partial charge in [0.1, 0.15) is 0 Å². The van der Waals surface area contributed by atoms with Crippen LogP contribution in [-0.4, -0.2) is 49.6 Å². The van der Waals surface area contributed by atoms with Crippen molar-refractivity contribution in [2.45, 2.75) is 33.6 Å². The van der Waals surface area contributed by atoms with Gasteiger partial charge < -0.3 is 9.47 Å². The molecule has 2 aromatic rings. The first kappa shape index (κ1) is 19.8. The first-order chi connectivity index (χ1) is 14.9. The summed E-state index contributed by atoms with van der Waals surface area (Å²) >= 11 is 1.37. The van der Waals surface area contributed by atoms with Gasteiger partial charge in [-0.2, -0.15) is 10.0 Å². The van der Waals surface area contributed by atoms with E-state index < -0.39 is 0 Å². The highest BCUT2D eigenvalue weighted by Gasteiger charge is 2.37. The number of aryl methyl sites for hydroxylation is 2. The van der Waals surface area contributed by atoms with Gasteiger partial charge in [0.05, 0.1) is 5.57 Å². The Labute approximate surface area is 185 Å². The molecule has 1 amide bonds. The molecule has 7 nitrogen and oxygen atoms in total. The Balaban J connectivity index is 1.50. The number of nitrogens with zero attached hydrogens (tertiary/aromatic N) is 5. The van der Waals surface area contributed by atoms with E-state index in [1.54, 1.807) is 6.08 Å². The molecule has 1 aromatic heterocycles. The lowest BCUT2D eigenvalue weighted by atomic mass is 10.1. The SMILES string of the molecule is Cc1cccc(-n2c(C)cc(/C=C3\C(=N)N4N=C(N5CCCC5)SC4=NC3=O)c2C)c1. The molecule has 0 atom stereocenters. The molecule has 0 spiro atoms. The van der Waals surface area contributed by atoms with Crippen LogP contribution in [-0.2, 0) is 4.79 Å². The highest BCUT2D eigenvalue weighted by molar-refractivity contribution is 8.26. The lowest BCUT2D eigenvalue weighted by Gasteiger charge is -2.20. The molecule has 0 saturated carbocycles. The number of nitrogens with one attached hydrogen (secondary N) is 1. The number of thioether (sulfide) groups is 1. The van der Waals surface area contributed by atoms with Crippen molar-refractivity contribution in [2.75, 3.05) is 13.1 Å². The summed E-state index contributed by atoms with van der Waals surface area (Å²) in [6, 6.07) is 10.4. The molecule has 0 bridgehead atoms. The number of fused-ring (bicyclic) bond motifs is 1. The van der Waals surface area contributed by atoms with Crippen molar-refractivity contribution in [1.82, 2.24) is 14.5 Å². The summed E-state index contributed by atoms with van der Waals surface area (Å²) in [4.78, 5) is 19.2. The summed E-state index contributed by atoms with van der Waals surface area (Å²) in [6.07, 6.45) is 4.06. The Bertz CT molecular complexity index is 1200. The molecule has 5 rings (SSSR count). The van der Waals surface area contributed by atoms with Crippen molar-refractivity contribution < 1.29 is 4.79 Å². The van der Waals surface area contributed by atoms with E-state index in [9.17, 15) is 4.79 Å². The van der Waals surface area contributed by atoms with Crippen molar-refractivity contribution in [2.24, 2.45) is 10.1 Å². The molecule has 0 aliphatic carbocycles. The molecule has 8 heteroatoms. The summed E-state index contributed by atoms with van der Waals surface area (Å²) in [6.45, 7) is 8.07. The number of aromatic nitrogens is 1. The van der Waals surface area contributed by atoms with Crippen molar-refractivity contribution in [3.8, 4) is 5.69 Å². The van der Waals surface area contributed by atoms with Crippen molar-refractivity contribution in [3.05, 3.63) is 58.4 Å². The number of hydrogen-bond donors (Lipinski definition) is 1. The monoisotopic (exact) mass is 432 g/mol. The maximum absolute atomic E-state index is 12.8. The van der Waals surface area contributed by atoms with Crippen molar-refractivity contribution >= 4 is 39.9 Å². The molecule has 31 heavy (non-hydrogen) atoms. The van der Waals surface area contributed by atoms with Gasteiger partial charge in [0.2, 0.25) is 5.17 Å². The van der Waals surface area contributed by atoms with E-state index in [0.717, 1.165) is 53.7 Å². The Kier molecular flexibility index (Phi) is 4.81. The zero-order chi connectivity index (χ0) is 21.7. The second-order valence-electron chi connectivity index (χ2n) is 8.10. The second-order valence-corrected chi connectivity index (χ2v) is 9.03. The predicted molar refractivity (Wildman–Crippen MR) is 126 cm³/mol. The topological polar surface area (TPSA) is 77.1 Å². The highest BCUT2D eigenvalue weighted by Crippen LogP contribution is 2.31. The molecule has 3 aliphatic heterocycles. The minimum Gasteiger partial charge on any atom is -0.349 e. The third kappa shape index (κ3) is 3.40.